The van der Waals surface area contributed by atoms with Crippen molar-refractivity contribution in [3.05, 3.63) is 60.3 Å². The zero-order valence-electron chi connectivity index (χ0n) is 14.5. The third kappa shape index (κ3) is 2.41. The van der Waals surface area contributed by atoms with Crippen LogP contribution in [0.5, 0.6) is 0 Å². The predicted octanol–water partition coefficient (Wildman–Crippen LogP) is 4.14. The summed E-state index contributed by atoms with van der Waals surface area (Å²) < 4.78 is 1.64. The van der Waals surface area contributed by atoms with Crippen LogP contribution in [0.2, 0.25) is 0 Å². The van der Waals surface area contributed by atoms with Gasteiger partial charge in [0.15, 0.2) is 5.70 Å². The number of rotatable bonds is 3. The number of aliphatic imine (C=N–C) groups is 1. The summed E-state index contributed by atoms with van der Waals surface area (Å²) in [6.07, 6.45) is 6.65. The average Bonchev–Trinajstić information content (AvgIpc) is 3.23. The lowest BCUT2D eigenvalue weighted by molar-refractivity contribution is -0.736. The van der Waals surface area contributed by atoms with Gasteiger partial charge in [-0.3, -0.25) is 0 Å². The van der Waals surface area contributed by atoms with Gasteiger partial charge in [0.25, 0.3) is 0 Å². The highest BCUT2D eigenvalue weighted by atomic mass is 16.2. The van der Waals surface area contributed by atoms with Crippen LogP contribution in [0.15, 0.2) is 59.7 Å². The summed E-state index contributed by atoms with van der Waals surface area (Å²) in [7, 11) is 0. The second kappa shape index (κ2) is 6.17. The van der Waals surface area contributed by atoms with Crippen LogP contribution in [-0.2, 0) is 0 Å². The Balaban J connectivity index is 2.22. The molecule has 2 heterocycles. The standard InChI is InChI=1S/C19H23N4O/c1-14(2)18-17(16-8-6-5-7-9-16)21-13-23(18,15(3)4)19(24)22-11-10-20-12-22/h5-15H,1-4H3/q+1. The Morgan fingerprint density at radius 3 is 2.38 bits per heavy atom. The molecule has 124 valence electrons. The van der Waals surface area contributed by atoms with E-state index in [1.165, 1.54) is 0 Å². The number of allylic oxidation sites excluding steroid dienone is 1. The van der Waals surface area contributed by atoms with Gasteiger partial charge < -0.3 is 0 Å². The molecular formula is C19H23N4O+. The van der Waals surface area contributed by atoms with E-state index in [1.807, 2.05) is 30.3 Å². The van der Waals surface area contributed by atoms with Crippen LogP contribution in [0.3, 0.4) is 0 Å². The molecule has 0 fully saturated rings. The first-order valence-corrected chi connectivity index (χ1v) is 8.25. The molecule has 1 amide bonds. The summed E-state index contributed by atoms with van der Waals surface area (Å²) in [5.74, 6) is 0.178. The molecule has 2 aromatic rings. The molecule has 5 nitrogen and oxygen atoms in total. The fourth-order valence-electron chi connectivity index (χ4n) is 3.32. The van der Waals surface area contributed by atoms with Gasteiger partial charge in [-0.05, 0) is 13.8 Å². The fourth-order valence-corrected chi connectivity index (χ4v) is 3.32. The molecule has 0 saturated heterocycles. The maximum atomic E-state index is 13.3. The first-order valence-electron chi connectivity index (χ1n) is 8.25. The number of aromatic nitrogens is 2. The van der Waals surface area contributed by atoms with E-state index in [9.17, 15) is 4.79 Å². The number of nitrogens with zero attached hydrogens (tertiary/aromatic N) is 4. The van der Waals surface area contributed by atoms with Crippen molar-refractivity contribution in [3.63, 3.8) is 0 Å². The molecule has 5 heteroatoms. The average molecular weight is 323 g/mol. The van der Waals surface area contributed by atoms with Gasteiger partial charge in [-0.2, -0.15) is 9.48 Å². The quantitative estimate of drug-likeness (QED) is 0.797. The van der Waals surface area contributed by atoms with Gasteiger partial charge in [-0.25, -0.2) is 14.3 Å². The first kappa shape index (κ1) is 16.3. The van der Waals surface area contributed by atoms with Crippen LogP contribution >= 0.6 is 0 Å². The Morgan fingerprint density at radius 2 is 1.83 bits per heavy atom. The molecule has 0 spiro atoms. The molecule has 24 heavy (non-hydrogen) atoms. The third-order valence-corrected chi connectivity index (χ3v) is 4.46. The lowest BCUT2D eigenvalue weighted by Crippen LogP contribution is -2.56. The van der Waals surface area contributed by atoms with Crippen molar-refractivity contribution >= 4 is 18.1 Å². The number of amides is 1. The van der Waals surface area contributed by atoms with Gasteiger partial charge in [0.05, 0.1) is 0 Å². The Hall–Kier alpha value is -2.53. The van der Waals surface area contributed by atoms with Crippen LogP contribution in [0.1, 0.15) is 33.3 Å². The van der Waals surface area contributed by atoms with Crippen LogP contribution in [-0.4, -0.2) is 32.4 Å². The number of carbonyl (C=O) groups excluding carboxylic acids is 1. The van der Waals surface area contributed by atoms with Crippen molar-refractivity contribution < 1.29 is 9.28 Å². The van der Waals surface area contributed by atoms with Crippen molar-refractivity contribution in [1.29, 1.82) is 0 Å². The molecule has 0 radical (unpaired) electrons. The predicted molar refractivity (Wildman–Crippen MR) is 95.1 cm³/mol. The van der Waals surface area contributed by atoms with Gasteiger partial charge in [0, 0.05) is 23.9 Å². The topological polar surface area (TPSA) is 47.2 Å². The van der Waals surface area contributed by atoms with Crippen LogP contribution < -0.4 is 0 Å². The van der Waals surface area contributed by atoms with Crippen molar-refractivity contribution in [2.45, 2.75) is 33.7 Å². The second-order valence-electron chi connectivity index (χ2n) is 6.62. The summed E-state index contributed by atoms with van der Waals surface area (Å²) in [5.41, 5.74) is 2.96. The smallest absolute Gasteiger partial charge is 0.245 e. The molecule has 1 unspecified atom stereocenters. The number of imidazole rings is 1. The number of hydrogen-bond donors (Lipinski definition) is 0. The van der Waals surface area contributed by atoms with Gasteiger partial charge in [0.1, 0.15) is 18.1 Å². The van der Waals surface area contributed by atoms with Gasteiger partial charge in [0.2, 0.25) is 6.34 Å². The molecule has 0 bridgehead atoms. The molecular weight excluding hydrogens is 300 g/mol. The lowest BCUT2D eigenvalue weighted by Gasteiger charge is -2.35. The van der Waals surface area contributed by atoms with E-state index in [0.717, 1.165) is 17.0 Å². The van der Waals surface area contributed by atoms with Crippen molar-refractivity contribution in [2.75, 3.05) is 0 Å². The van der Waals surface area contributed by atoms with Crippen molar-refractivity contribution in [2.24, 2.45) is 10.9 Å². The van der Waals surface area contributed by atoms with Crippen LogP contribution in [0, 0.1) is 5.92 Å². The van der Waals surface area contributed by atoms with E-state index in [4.69, 9.17) is 0 Å². The summed E-state index contributed by atoms with van der Waals surface area (Å²) >= 11 is 0. The minimum atomic E-state index is -0.0547. The number of carbonyl (C=O) groups is 1. The van der Waals surface area contributed by atoms with Gasteiger partial charge in [-0.1, -0.05) is 44.2 Å². The van der Waals surface area contributed by atoms with E-state index in [0.29, 0.717) is 0 Å². The van der Waals surface area contributed by atoms with Crippen molar-refractivity contribution in [1.82, 2.24) is 9.55 Å². The van der Waals surface area contributed by atoms with Crippen molar-refractivity contribution in [3.8, 4) is 0 Å². The highest BCUT2D eigenvalue weighted by Gasteiger charge is 2.50. The highest BCUT2D eigenvalue weighted by molar-refractivity contribution is 5.88. The SMILES string of the molecule is CC(C)C1=C(c2ccccc2)N=C[N+]1(C(=O)n1ccnc1)C(C)C. The van der Waals surface area contributed by atoms with E-state index < -0.39 is 0 Å². The number of quaternary nitrogens is 1. The Morgan fingerprint density at radius 1 is 1.12 bits per heavy atom. The maximum Gasteiger partial charge on any atom is 0.439 e. The molecule has 1 aliphatic rings. The first-order chi connectivity index (χ1) is 11.5. The largest absolute Gasteiger partial charge is 0.439 e. The lowest BCUT2D eigenvalue weighted by atomic mass is 10.00. The van der Waals surface area contributed by atoms with Crippen LogP contribution in [0.4, 0.5) is 4.79 Å². The summed E-state index contributed by atoms with van der Waals surface area (Å²) in [6.45, 7) is 8.33. The van der Waals surface area contributed by atoms with Crippen LogP contribution in [0.25, 0.3) is 5.70 Å². The van der Waals surface area contributed by atoms with E-state index >= 15 is 0 Å². The minimum absolute atomic E-state index is 0.0299. The van der Waals surface area contributed by atoms with E-state index in [1.54, 1.807) is 29.6 Å². The maximum absolute atomic E-state index is 13.3. The zero-order chi connectivity index (χ0) is 17.3. The van der Waals surface area contributed by atoms with Gasteiger partial charge >= 0.3 is 6.03 Å². The Kier molecular flexibility index (Phi) is 4.20. The fraction of sp³-hybridized carbons (Fsp3) is 0.316. The molecule has 1 aliphatic heterocycles. The molecule has 0 saturated carbocycles. The highest BCUT2D eigenvalue weighted by Crippen LogP contribution is 2.39. The summed E-state index contributed by atoms with van der Waals surface area (Å²) in [6, 6.07) is 10.0. The monoisotopic (exact) mass is 323 g/mol. The molecule has 1 aromatic heterocycles. The molecule has 0 aliphatic carbocycles. The normalized spacial score (nSPS) is 20.4. The van der Waals surface area contributed by atoms with E-state index in [2.05, 4.69) is 37.7 Å². The summed E-state index contributed by atoms with van der Waals surface area (Å²) in [5, 5.41) is 0. The Labute approximate surface area is 142 Å². The van der Waals surface area contributed by atoms with Gasteiger partial charge in [-0.15, -0.1) is 0 Å². The molecule has 1 aromatic carbocycles. The third-order valence-electron chi connectivity index (χ3n) is 4.46. The zero-order valence-corrected chi connectivity index (χ0v) is 14.5. The van der Waals surface area contributed by atoms with E-state index in [-0.39, 0.29) is 22.5 Å². The molecule has 1 atom stereocenters. The Bertz CT molecular complexity index is 788. The number of hydrogen-bond acceptors (Lipinski definition) is 3. The number of benzene rings is 1. The summed E-state index contributed by atoms with van der Waals surface area (Å²) in [4.78, 5) is 22.0. The molecule has 0 N–H and O–H groups in total. The minimum Gasteiger partial charge on any atom is -0.245 e. The second-order valence-corrected chi connectivity index (χ2v) is 6.62. The molecule has 3 rings (SSSR count).